The van der Waals surface area contributed by atoms with Crippen molar-refractivity contribution in [2.45, 2.75) is 162 Å². The van der Waals surface area contributed by atoms with E-state index in [1.807, 2.05) is 0 Å². The van der Waals surface area contributed by atoms with Crippen LogP contribution in [0.2, 0.25) is 78.6 Å². The molecule has 0 spiro atoms. The smallest absolute Gasteiger partial charge is 0.184 e. The zero-order valence-corrected chi connectivity index (χ0v) is 33.9. The van der Waals surface area contributed by atoms with E-state index >= 15 is 0 Å². The predicted octanol–water partition coefficient (Wildman–Crippen LogP) is 9.09. The van der Waals surface area contributed by atoms with Crippen LogP contribution < -0.4 is 0 Å². The van der Waals surface area contributed by atoms with Crippen LogP contribution in [0.1, 0.15) is 65.2 Å². The van der Waals surface area contributed by atoms with Crippen molar-refractivity contribution in [2.24, 2.45) is 34.5 Å². The zero-order valence-electron chi connectivity index (χ0n) is 29.9. The molecule has 0 amide bonds. The number of hydrogen-bond acceptors (Lipinski definition) is 5. The van der Waals surface area contributed by atoms with Crippen LogP contribution >= 0.6 is 0 Å². The van der Waals surface area contributed by atoms with Gasteiger partial charge in [0.2, 0.25) is 0 Å². The Balaban J connectivity index is 1.70. The molecule has 0 aromatic heterocycles. The summed E-state index contributed by atoms with van der Waals surface area (Å²) in [5.41, 5.74) is -0.621. The lowest BCUT2D eigenvalue weighted by atomic mass is 9.44. The number of ketones is 1. The van der Waals surface area contributed by atoms with Crippen molar-refractivity contribution in [2.75, 3.05) is 6.61 Å². The fourth-order valence-electron chi connectivity index (χ4n) is 9.99. The number of Topliss-reactive ketones (excluding diaryl/α,β-unsaturated/α-hetero) is 1. The van der Waals surface area contributed by atoms with Gasteiger partial charge in [-0.15, -0.1) is 0 Å². The van der Waals surface area contributed by atoms with E-state index in [0.717, 1.165) is 32.1 Å². The van der Waals surface area contributed by atoms with Crippen molar-refractivity contribution >= 4 is 39.1 Å². The number of rotatable bonds is 10. The summed E-state index contributed by atoms with van der Waals surface area (Å²) in [7, 11) is -7.29. The molecule has 244 valence electrons. The third-order valence-corrected chi connectivity index (χ3v) is 15.2. The first-order valence-electron chi connectivity index (χ1n) is 17.1. The van der Waals surface area contributed by atoms with E-state index in [0.29, 0.717) is 42.7 Å². The first kappa shape index (κ1) is 35.2. The second kappa shape index (κ2) is 11.6. The molecule has 0 saturated heterocycles. The Morgan fingerprint density at radius 1 is 0.786 bits per heavy atom. The third kappa shape index (κ3) is 7.18. The van der Waals surface area contributed by atoms with Crippen LogP contribution in [-0.4, -0.2) is 63.5 Å². The molecule has 0 heterocycles. The maximum absolute atomic E-state index is 14.7. The van der Waals surface area contributed by atoms with Gasteiger partial charge in [-0.1, -0.05) is 13.8 Å². The molecule has 0 aromatic rings. The summed E-state index contributed by atoms with van der Waals surface area (Å²) in [6.45, 7) is 33.0. The summed E-state index contributed by atoms with van der Waals surface area (Å²) >= 11 is 0. The second-order valence-electron chi connectivity index (χ2n) is 19.0. The van der Waals surface area contributed by atoms with Gasteiger partial charge in [0.05, 0.1) is 18.3 Å². The van der Waals surface area contributed by atoms with E-state index in [4.69, 9.17) is 17.7 Å². The quantitative estimate of drug-likeness (QED) is 0.220. The molecule has 5 nitrogen and oxygen atoms in total. The number of hydrogen-bond donors (Lipinski definition) is 0. The van der Waals surface area contributed by atoms with Gasteiger partial charge in [-0.05, 0) is 147 Å². The molecule has 0 bridgehead atoms. The number of fused-ring (bicyclic) bond motifs is 5. The summed E-state index contributed by atoms with van der Waals surface area (Å²) in [6.07, 6.45) is 8.77. The van der Waals surface area contributed by atoms with Crippen molar-refractivity contribution in [3.05, 3.63) is 0 Å². The molecular formula is C33H66O5Si4. The second-order valence-corrected chi connectivity index (χ2v) is 36.9. The highest BCUT2D eigenvalue weighted by molar-refractivity contribution is 6.71. The molecule has 9 heteroatoms. The van der Waals surface area contributed by atoms with Gasteiger partial charge >= 0.3 is 0 Å². The topological polar surface area (TPSA) is 54.0 Å². The highest BCUT2D eigenvalue weighted by Crippen LogP contribution is 2.69. The Kier molecular flexibility index (Phi) is 9.70. The monoisotopic (exact) mass is 654 g/mol. The fraction of sp³-hybridized carbons (Fsp3) is 0.970. The SMILES string of the molecule is CC12CC[C@H](O[Si](C)(C)C)CC1CCC1C2C(=O)CC2(C)C1CC[C@]2(O[Si](C)(C)C)C(CO[Si](C)(C)C)O[Si](C)(C)C. The van der Waals surface area contributed by atoms with E-state index in [1.54, 1.807) is 0 Å². The van der Waals surface area contributed by atoms with Crippen LogP contribution in [0.25, 0.3) is 0 Å². The average Bonchev–Trinajstić information content (AvgIpc) is 3.05. The fourth-order valence-corrected chi connectivity index (χ4v) is 14.5. The Labute approximate surface area is 263 Å². The van der Waals surface area contributed by atoms with E-state index in [9.17, 15) is 4.79 Å². The molecule has 4 saturated carbocycles. The summed E-state index contributed by atoms with van der Waals surface area (Å²) in [5.74, 6) is 2.23. The molecule has 4 rings (SSSR count). The van der Waals surface area contributed by atoms with Crippen LogP contribution in [0.4, 0.5) is 0 Å². The van der Waals surface area contributed by atoms with Crippen molar-refractivity contribution in [1.82, 2.24) is 0 Å². The van der Waals surface area contributed by atoms with E-state index in [-0.39, 0.29) is 22.9 Å². The van der Waals surface area contributed by atoms with Gasteiger partial charge in [0.15, 0.2) is 33.3 Å². The maximum atomic E-state index is 14.7. The van der Waals surface area contributed by atoms with Gasteiger partial charge in [-0.3, -0.25) is 4.79 Å². The highest BCUT2D eigenvalue weighted by atomic mass is 28.4. The Morgan fingerprint density at radius 3 is 1.98 bits per heavy atom. The lowest BCUT2D eigenvalue weighted by molar-refractivity contribution is -0.187. The minimum absolute atomic E-state index is 0.0979. The van der Waals surface area contributed by atoms with E-state index in [2.05, 4.69) is 92.4 Å². The Bertz CT molecular complexity index is 994. The van der Waals surface area contributed by atoms with Gasteiger partial charge in [0.1, 0.15) is 5.78 Å². The number of carbonyl (C=O) groups excluding carboxylic acids is 1. The van der Waals surface area contributed by atoms with Gasteiger partial charge in [-0.2, -0.15) is 0 Å². The van der Waals surface area contributed by atoms with Gasteiger partial charge in [-0.25, -0.2) is 0 Å². The molecule has 42 heavy (non-hydrogen) atoms. The van der Waals surface area contributed by atoms with Gasteiger partial charge in [0.25, 0.3) is 0 Å². The van der Waals surface area contributed by atoms with Crippen LogP contribution in [0.5, 0.6) is 0 Å². The number of carbonyl (C=O) groups is 1. The Hall–Kier alpha value is 0.378. The maximum Gasteiger partial charge on any atom is 0.184 e. The van der Waals surface area contributed by atoms with E-state index < -0.39 is 38.9 Å². The largest absolute Gasteiger partial charge is 0.415 e. The molecule has 4 fully saturated rings. The van der Waals surface area contributed by atoms with Crippen molar-refractivity contribution in [1.29, 1.82) is 0 Å². The Morgan fingerprint density at radius 2 is 1.43 bits per heavy atom. The molecule has 0 radical (unpaired) electrons. The molecule has 4 aliphatic carbocycles. The minimum atomic E-state index is -2.00. The van der Waals surface area contributed by atoms with Crippen LogP contribution in [0, 0.1) is 34.5 Å². The van der Waals surface area contributed by atoms with Crippen LogP contribution in [0.15, 0.2) is 0 Å². The van der Waals surface area contributed by atoms with Gasteiger partial charge < -0.3 is 17.7 Å². The van der Waals surface area contributed by atoms with E-state index in [1.165, 1.54) is 12.8 Å². The standard InChI is InChI=1S/C33H66O5Si4/c1-31-19-17-25(36-40(6,7)8)21-24(31)15-16-26-27-18-20-33(38-42(12,13)14,32(27,2)22-28(34)30(26)31)29(37-41(9,10)11)23-35-39(3,4)5/h24-27,29-30H,15-23H2,1-14H3/t24?,25-,26?,27?,29?,30?,31?,32?,33-/m0/s1. The molecule has 7 unspecified atom stereocenters. The normalized spacial score (nSPS) is 40.3. The summed E-state index contributed by atoms with van der Waals surface area (Å²) in [6, 6.07) is 0. The average molecular weight is 655 g/mol. The van der Waals surface area contributed by atoms with Crippen LogP contribution in [0.3, 0.4) is 0 Å². The summed E-state index contributed by atoms with van der Waals surface area (Å²) < 4.78 is 27.9. The summed E-state index contributed by atoms with van der Waals surface area (Å²) in [5, 5.41) is 0. The third-order valence-electron chi connectivity index (χ3n) is 11.2. The molecule has 0 N–H and O–H groups in total. The van der Waals surface area contributed by atoms with Crippen LogP contribution in [-0.2, 0) is 22.5 Å². The lowest BCUT2D eigenvalue weighted by Crippen LogP contribution is -2.67. The molecule has 9 atom stereocenters. The van der Waals surface area contributed by atoms with Crippen molar-refractivity contribution < 1.29 is 22.5 Å². The summed E-state index contributed by atoms with van der Waals surface area (Å²) in [4.78, 5) is 14.7. The minimum Gasteiger partial charge on any atom is -0.415 e. The molecule has 0 aliphatic heterocycles. The first-order chi connectivity index (χ1) is 18.9. The molecular weight excluding hydrogens is 589 g/mol. The van der Waals surface area contributed by atoms with Crippen molar-refractivity contribution in [3.63, 3.8) is 0 Å². The lowest BCUT2D eigenvalue weighted by Gasteiger charge is -2.62. The highest BCUT2D eigenvalue weighted by Gasteiger charge is 2.70. The zero-order chi connectivity index (χ0) is 31.7. The molecule has 0 aromatic carbocycles. The first-order valence-corrected chi connectivity index (χ1v) is 30.7. The van der Waals surface area contributed by atoms with Crippen molar-refractivity contribution in [3.8, 4) is 0 Å². The van der Waals surface area contributed by atoms with Gasteiger partial charge in [0, 0.05) is 23.9 Å². The molecule has 4 aliphatic rings. The predicted molar refractivity (Wildman–Crippen MR) is 185 cm³/mol.